The molecule has 0 aliphatic rings. The van der Waals surface area contributed by atoms with Crippen molar-refractivity contribution in [1.29, 1.82) is 0 Å². The number of rotatable bonds is 4. The molecule has 4 nitrogen and oxygen atoms in total. The summed E-state index contributed by atoms with van der Waals surface area (Å²) in [7, 11) is 0. The van der Waals surface area contributed by atoms with Crippen molar-refractivity contribution in [1.82, 2.24) is 19.9 Å². The highest BCUT2D eigenvalue weighted by Gasteiger charge is 2.28. The number of H-pyrrole nitrogens is 1. The third kappa shape index (κ3) is 1.68. The van der Waals surface area contributed by atoms with Crippen LogP contribution >= 0.6 is 0 Å². The second-order valence-corrected chi connectivity index (χ2v) is 4.49. The van der Waals surface area contributed by atoms with Gasteiger partial charge in [-0.1, -0.05) is 27.2 Å². The van der Waals surface area contributed by atoms with Gasteiger partial charge in [-0.2, -0.15) is 0 Å². The van der Waals surface area contributed by atoms with Crippen molar-refractivity contribution >= 4 is 11.2 Å². The van der Waals surface area contributed by atoms with Crippen LogP contribution in [-0.4, -0.2) is 19.9 Å². The lowest BCUT2D eigenvalue weighted by atomic mass is 9.79. The third-order valence-corrected chi connectivity index (χ3v) is 3.38. The van der Waals surface area contributed by atoms with E-state index in [2.05, 4.69) is 40.7 Å². The average molecular weight is 218 g/mol. The smallest absolute Gasteiger partial charge is 0.180 e. The van der Waals surface area contributed by atoms with E-state index in [-0.39, 0.29) is 5.41 Å². The molecule has 0 spiro atoms. The zero-order valence-corrected chi connectivity index (χ0v) is 10.1. The summed E-state index contributed by atoms with van der Waals surface area (Å²) in [5.74, 6) is 0. The van der Waals surface area contributed by atoms with E-state index in [1.165, 1.54) is 0 Å². The molecule has 2 heterocycles. The second kappa shape index (κ2) is 4.20. The van der Waals surface area contributed by atoms with Crippen molar-refractivity contribution in [2.24, 2.45) is 0 Å². The minimum atomic E-state index is 0.114. The largest absolute Gasteiger partial charge is 0.342 e. The number of nitrogens with zero attached hydrogens (tertiary/aromatic N) is 3. The Morgan fingerprint density at radius 2 is 2.06 bits per heavy atom. The molecule has 0 aliphatic heterocycles. The molecule has 2 rings (SSSR count). The number of aromatic amines is 1. The number of hydrogen-bond donors (Lipinski definition) is 1. The molecule has 2 aromatic rings. The normalized spacial score (nSPS) is 15.2. The van der Waals surface area contributed by atoms with Gasteiger partial charge in [0.25, 0.3) is 0 Å². The first kappa shape index (κ1) is 11.0. The van der Waals surface area contributed by atoms with Gasteiger partial charge in [0.2, 0.25) is 0 Å². The van der Waals surface area contributed by atoms with Crippen molar-refractivity contribution < 1.29 is 0 Å². The van der Waals surface area contributed by atoms with Crippen LogP contribution in [0, 0.1) is 0 Å². The van der Waals surface area contributed by atoms with Crippen LogP contribution in [0.2, 0.25) is 0 Å². The highest BCUT2D eigenvalue weighted by Crippen LogP contribution is 2.33. The highest BCUT2D eigenvalue weighted by atomic mass is 15.0. The number of fused-ring (bicyclic) bond motifs is 1. The topological polar surface area (TPSA) is 54.5 Å². The fourth-order valence-electron chi connectivity index (χ4n) is 2.24. The van der Waals surface area contributed by atoms with Crippen LogP contribution in [0.3, 0.4) is 0 Å². The van der Waals surface area contributed by atoms with Crippen molar-refractivity contribution in [3.05, 3.63) is 18.3 Å². The fourth-order valence-corrected chi connectivity index (χ4v) is 2.24. The summed E-state index contributed by atoms with van der Waals surface area (Å²) in [5.41, 5.74) is 2.96. The van der Waals surface area contributed by atoms with E-state index in [9.17, 15) is 0 Å². The first-order valence-corrected chi connectivity index (χ1v) is 5.86. The van der Waals surface area contributed by atoms with Gasteiger partial charge in [0.15, 0.2) is 5.65 Å². The van der Waals surface area contributed by atoms with E-state index in [1.54, 1.807) is 12.7 Å². The molecule has 0 bridgehead atoms. The Morgan fingerprint density at radius 1 is 1.25 bits per heavy atom. The monoisotopic (exact) mass is 218 g/mol. The molecule has 0 amide bonds. The summed E-state index contributed by atoms with van der Waals surface area (Å²) in [6, 6.07) is 0. The first-order chi connectivity index (χ1) is 7.71. The maximum Gasteiger partial charge on any atom is 0.180 e. The molecule has 1 atom stereocenters. The Hall–Kier alpha value is -1.45. The standard InChI is InChI=1S/C12H18N4/c1-4-6-12(3,5-2)10-9-11(15-7-13-9)16-8-14-10/h7-8H,4-6H2,1-3H3,(H,13,14,15,16). The molecule has 2 aromatic heterocycles. The summed E-state index contributed by atoms with van der Waals surface area (Å²) in [5, 5.41) is 0. The molecule has 0 fully saturated rings. The molecule has 0 saturated heterocycles. The molecule has 1 N–H and O–H groups in total. The van der Waals surface area contributed by atoms with Crippen LogP contribution in [0.5, 0.6) is 0 Å². The van der Waals surface area contributed by atoms with E-state index in [1.807, 2.05) is 0 Å². The molecule has 0 aromatic carbocycles. The Morgan fingerprint density at radius 3 is 2.75 bits per heavy atom. The first-order valence-electron chi connectivity index (χ1n) is 5.86. The lowest BCUT2D eigenvalue weighted by Gasteiger charge is -2.27. The van der Waals surface area contributed by atoms with Crippen LogP contribution in [0.15, 0.2) is 12.7 Å². The van der Waals surface area contributed by atoms with Gasteiger partial charge in [0.05, 0.1) is 12.0 Å². The van der Waals surface area contributed by atoms with Gasteiger partial charge in [-0.3, -0.25) is 0 Å². The highest BCUT2D eigenvalue weighted by molar-refractivity contribution is 5.73. The molecule has 16 heavy (non-hydrogen) atoms. The number of imidazole rings is 1. The van der Waals surface area contributed by atoms with Crippen LogP contribution in [0.4, 0.5) is 0 Å². The Bertz CT molecular complexity index is 477. The maximum absolute atomic E-state index is 4.46. The van der Waals surface area contributed by atoms with Gasteiger partial charge >= 0.3 is 0 Å². The molecule has 0 saturated carbocycles. The minimum absolute atomic E-state index is 0.114. The van der Waals surface area contributed by atoms with Crippen molar-refractivity contribution in [3.63, 3.8) is 0 Å². The summed E-state index contributed by atoms with van der Waals surface area (Å²) >= 11 is 0. The second-order valence-electron chi connectivity index (χ2n) is 4.49. The predicted octanol–water partition coefficient (Wildman–Crippen LogP) is 2.82. The van der Waals surface area contributed by atoms with Crippen LogP contribution in [0.25, 0.3) is 11.2 Å². The molecule has 0 aliphatic carbocycles. The Labute approximate surface area is 95.5 Å². The molecule has 86 valence electrons. The van der Waals surface area contributed by atoms with E-state index < -0.39 is 0 Å². The van der Waals surface area contributed by atoms with Gasteiger partial charge in [0.1, 0.15) is 11.8 Å². The minimum Gasteiger partial charge on any atom is -0.342 e. The van der Waals surface area contributed by atoms with Gasteiger partial charge in [0, 0.05) is 5.41 Å². The van der Waals surface area contributed by atoms with Gasteiger partial charge in [-0.25, -0.2) is 15.0 Å². The SMILES string of the molecule is CCCC(C)(CC)c1ncnc2nc[nH]c12. The summed E-state index contributed by atoms with van der Waals surface area (Å²) in [4.78, 5) is 15.9. The van der Waals surface area contributed by atoms with Crippen molar-refractivity contribution in [2.75, 3.05) is 0 Å². The quantitative estimate of drug-likeness (QED) is 0.858. The molecule has 4 heteroatoms. The van der Waals surface area contributed by atoms with Crippen LogP contribution in [-0.2, 0) is 5.41 Å². The lowest BCUT2D eigenvalue weighted by Crippen LogP contribution is -2.22. The maximum atomic E-state index is 4.46. The molecule has 1 unspecified atom stereocenters. The number of nitrogens with one attached hydrogen (secondary N) is 1. The molecular weight excluding hydrogens is 200 g/mol. The summed E-state index contributed by atoms with van der Waals surface area (Å²) in [6.07, 6.45) is 6.66. The van der Waals surface area contributed by atoms with Gasteiger partial charge < -0.3 is 4.98 Å². The third-order valence-electron chi connectivity index (χ3n) is 3.38. The lowest BCUT2D eigenvalue weighted by molar-refractivity contribution is 0.405. The Balaban J connectivity index is 2.56. The number of hydrogen-bond acceptors (Lipinski definition) is 3. The Kier molecular flexibility index (Phi) is 2.90. The zero-order valence-electron chi connectivity index (χ0n) is 10.1. The van der Waals surface area contributed by atoms with Crippen molar-refractivity contribution in [2.45, 2.75) is 45.4 Å². The zero-order chi connectivity index (χ0) is 11.6. The van der Waals surface area contributed by atoms with E-state index >= 15 is 0 Å². The van der Waals surface area contributed by atoms with Gasteiger partial charge in [-0.05, 0) is 12.8 Å². The molecule has 0 radical (unpaired) electrons. The van der Waals surface area contributed by atoms with E-state index in [0.29, 0.717) is 0 Å². The predicted molar refractivity (Wildman–Crippen MR) is 64.2 cm³/mol. The van der Waals surface area contributed by atoms with E-state index in [0.717, 1.165) is 36.1 Å². The average Bonchev–Trinajstić information content (AvgIpc) is 2.76. The molecular formula is C12H18N4. The van der Waals surface area contributed by atoms with Crippen LogP contribution in [0.1, 0.15) is 45.7 Å². The fraction of sp³-hybridized carbons (Fsp3) is 0.583. The van der Waals surface area contributed by atoms with Crippen LogP contribution < -0.4 is 0 Å². The number of aromatic nitrogens is 4. The summed E-state index contributed by atoms with van der Waals surface area (Å²) in [6.45, 7) is 6.68. The van der Waals surface area contributed by atoms with Crippen molar-refractivity contribution in [3.8, 4) is 0 Å². The summed E-state index contributed by atoms with van der Waals surface area (Å²) < 4.78 is 0. The van der Waals surface area contributed by atoms with E-state index in [4.69, 9.17) is 0 Å². The van der Waals surface area contributed by atoms with Gasteiger partial charge in [-0.15, -0.1) is 0 Å².